The van der Waals surface area contributed by atoms with Crippen molar-refractivity contribution in [3.05, 3.63) is 30.1 Å². The van der Waals surface area contributed by atoms with E-state index in [0.29, 0.717) is 18.7 Å². The Hall–Kier alpha value is -1.46. The molecule has 4 rings (SSSR count). The Morgan fingerprint density at radius 1 is 1.27 bits per heavy atom. The Morgan fingerprint density at radius 3 is 2.86 bits per heavy atom. The molecule has 2 saturated carbocycles. The summed E-state index contributed by atoms with van der Waals surface area (Å²) in [5, 5.41) is 0. The standard InChI is InChI=1S/C17H22N2O3/c20-17(13-5-7-18-8-6-13)19-9-10-21-15-4-3-14(19)16(15)22-11-12-1-2-12/h5-8,12,14-16H,1-4,9-11H2/t14-,15-,16+/m0/s1. The van der Waals surface area contributed by atoms with Crippen molar-refractivity contribution in [2.24, 2.45) is 5.92 Å². The van der Waals surface area contributed by atoms with E-state index in [1.165, 1.54) is 12.8 Å². The predicted molar refractivity (Wildman–Crippen MR) is 80.5 cm³/mol. The molecule has 3 atom stereocenters. The number of amides is 1. The minimum atomic E-state index is 0.0360. The zero-order chi connectivity index (χ0) is 14.9. The molecule has 1 aromatic rings. The van der Waals surface area contributed by atoms with Crippen LogP contribution in [0, 0.1) is 5.92 Å². The molecule has 2 heterocycles. The van der Waals surface area contributed by atoms with Gasteiger partial charge in [0.1, 0.15) is 6.10 Å². The first-order chi connectivity index (χ1) is 10.8. The Labute approximate surface area is 130 Å². The van der Waals surface area contributed by atoms with Gasteiger partial charge in [0.25, 0.3) is 5.91 Å². The molecule has 118 valence electrons. The molecule has 5 heteroatoms. The van der Waals surface area contributed by atoms with Crippen LogP contribution in [-0.4, -0.2) is 53.8 Å². The first-order valence-corrected chi connectivity index (χ1v) is 8.27. The van der Waals surface area contributed by atoms with Crippen molar-refractivity contribution in [1.29, 1.82) is 0 Å². The first kappa shape index (κ1) is 14.2. The van der Waals surface area contributed by atoms with Crippen LogP contribution in [0.25, 0.3) is 0 Å². The molecule has 0 aromatic carbocycles. The van der Waals surface area contributed by atoms with Gasteiger partial charge in [0.2, 0.25) is 0 Å². The first-order valence-electron chi connectivity index (χ1n) is 8.27. The quantitative estimate of drug-likeness (QED) is 0.852. The van der Waals surface area contributed by atoms with Gasteiger partial charge in [-0.3, -0.25) is 9.78 Å². The van der Waals surface area contributed by atoms with E-state index < -0.39 is 0 Å². The molecule has 3 aliphatic rings. The number of carbonyl (C=O) groups is 1. The van der Waals surface area contributed by atoms with Crippen molar-refractivity contribution < 1.29 is 14.3 Å². The number of ether oxygens (including phenoxy) is 2. The number of aromatic nitrogens is 1. The molecule has 0 radical (unpaired) electrons. The normalized spacial score (nSPS) is 31.1. The molecule has 3 fully saturated rings. The summed E-state index contributed by atoms with van der Waals surface area (Å²) in [5.41, 5.74) is 0.696. The van der Waals surface area contributed by atoms with Crippen LogP contribution in [0.2, 0.25) is 0 Å². The highest BCUT2D eigenvalue weighted by atomic mass is 16.5. The highest BCUT2D eigenvalue weighted by molar-refractivity contribution is 5.94. The van der Waals surface area contributed by atoms with Crippen molar-refractivity contribution in [2.75, 3.05) is 19.8 Å². The lowest BCUT2D eigenvalue weighted by atomic mass is 10.1. The second-order valence-corrected chi connectivity index (χ2v) is 6.53. The Morgan fingerprint density at radius 2 is 2.09 bits per heavy atom. The van der Waals surface area contributed by atoms with Crippen molar-refractivity contribution in [1.82, 2.24) is 9.88 Å². The van der Waals surface area contributed by atoms with Crippen molar-refractivity contribution in [3.8, 4) is 0 Å². The minimum absolute atomic E-state index is 0.0360. The van der Waals surface area contributed by atoms with Gasteiger partial charge in [0.15, 0.2) is 0 Å². The van der Waals surface area contributed by atoms with Crippen LogP contribution < -0.4 is 0 Å². The van der Waals surface area contributed by atoms with Crippen LogP contribution in [-0.2, 0) is 9.47 Å². The molecule has 22 heavy (non-hydrogen) atoms. The van der Waals surface area contributed by atoms with Crippen molar-refractivity contribution in [3.63, 3.8) is 0 Å². The number of pyridine rings is 1. The highest BCUT2D eigenvalue weighted by Crippen LogP contribution is 2.35. The minimum Gasteiger partial charge on any atom is -0.374 e. The van der Waals surface area contributed by atoms with Gasteiger partial charge in [-0.2, -0.15) is 0 Å². The lowest BCUT2D eigenvalue weighted by Crippen LogP contribution is -2.46. The number of rotatable bonds is 4. The third kappa shape index (κ3) is 2.75. The average Bonchev–Trinajstić information content (AvgIpc) is 3.30. The summed E-state index contributed by atoms with van der Waals surface area (Å²) in [7, 11) is 0. The molecular formula is C17H22N2O3. The summed E-state index contributed by atoms with van der Waals surface area (Å²) in [5.74, 6) is 0.797. The summed E-state index contributed by atoms with van der Waals surface area (Å²) in [6, 6.07) is 3.70. The maximum absolute atomic E-state index is 12.8. The number of hydrogen-bond donors (Lipinski definition) is 0. The summed E-state index contributed by atoms with van der Waals surface area (Å²) < 4.78 is 12.1. The fourth-order valence-corrected chi connectivity index (χ4v) is 3.55. The maximum atomic E-state index is 12.8. The molecule has 1 aromatic heterocycles. The van der Waals surface area contributed by atoms with E-state index >= 15 is 0 Å². The van der Waals surface area contributed by atoms with E-state index in [9.17, 15) is 4.79 Å². The molecule has 1 aliphatic heterocycles. The van der Waals surface area contributed by atoms with Crippen LogP contribution >= 0.6 is 0 Å². The Balaban J connectivity index is 1.52. The van der Waals surface area contributed by atoms with Crippen LogP contribution in [0.1, 0.15) is 36.0 Å². The van der Waals surface area contributed by atoms with E-state index in [4.69, 9.17) is 9.47 Å². The SMILES string of the molecule is O=C(c1ccncc1)N1CCO[C@H]2CC[C@H]1[C@H]2OCC1CC1. The average molecular weight is 302 g/mol. The highest BCUT2D eigenvalue weighted by Gasteiger charge is 2.45. The molecule has 0 unspecified atom stereocenters. The number of hydrogen-bond acceptors (Lipinski definition) is 4. The monoisotopic (exact) mass is 302 g/mol. The second kappa shape index (κ2) is 5.97. The molecule has 1 saturated heterocycles. The van der Waals surface area contributed by atoms with E-state index in [1.54, 1.807) is 24.5 Å². The third-order valence-corrected chi connectivity index (χ3v) is 4.97. The van der Waals surface area contributed by atoms with E-state index in [0.717, 1.165) is 25.4 Å². The topological polar surface area (TPSA) is 51.7 Å². The summed E-state index contributed by atoms with van der Waals surface area (Å²) in [6.45, 7) is 2.06. The maximum Gasteiger partial charge on any atom is 0.254 e. The summed E-state index contributed by atoms with van der Waals surface area (Å²) in [6.07, 6.45) is 8.04. The van der Waals surface area contributed by atoms with Gasteiger partial charge < -0.3 is 14.4 Å². The fraction of sp³-hybridized carbons (Fsp3) is 0.647. The number of fused-ring (bicyclic) bond motifs is 2. The van der Waals surface area contributed by atoms with Crippen molar-refractivity contribution in [2.45, 2.75) is 43.9 Å². The molecular weight excluding hydrogens is 280 g/mol. The predicted octanol–water partition coefficient (Wildman–Crippen LogP) is 1.88. The smallest absolute Gasteiger partial charge is 0.254 e. The van der Waals surface area contributed by atoms with Gasteiger partial charge in [0, 0.05) is 31.1 Å². The van der Waals surface area contributed by atoms with Gasteiger partial charge in [-0.1, -0.05) is 0 Å². The Bertz CT molecular complexity index is 532. The van der Waals surface area contributed by atoms with Crippen LogP contribution in [0.15, 0.2) is 24.5 Å². The van der Waals surface area contributed by atoms with E-state index in [2.05, 4.69) is 4.98 Å². The van der Waals surface area contributed by atoms with Crippen LogP contribution in [0.4, 0.5) is 0 Å². The van der Waals surface area contributed by atoms with Gasteiger partial charge >= 0.3 is 0 Å². The zero-order valence-corrected chi connectivity index (χ0v) is 12.7. The molecule has 0 N–H and O–H groups in total. The van der Waals surface area contributed by atoms with Gasteiger partial charge in [0.05, 0.1) is 18.8 Å². The fourth-order valence-electron chi connectivity index (χ4n) is 3.55. The van der Waals surface area contributed by atoms with Crippen LogP contribution in [0.5, 0.6) is 0 Å². The lowest BCUT2D eigenvalue weighted by Gasteiger charge is -2.31. The van der Waals surface area contributed by atoms with E-state index in [-0.39, 0.29) is 24.2 Å². The molecule has 5 nitrogen and oxygen atoms in total. The Kier molecular flexibility index (Phi) is 3.84. The molecule has 0 spiro atoms. The second-order valence-electron chi connectivity index (χ2n) is 6.53. The summed E-state index contributed by atoms with van der Waals surface area (Å²) in [4.78, 5) is 18.8. The van der Waals surface area contributed by atoms with Crippen LogP contribution in [0.3, 0.4) is 0 Å². The lowest BCUT2D eigenvalue weighted by molar-refractivity contribution is -0.0556. The van der Waals surface area contributed by atoms with Gasteiger partial charge in [-0.25, -0.2) is 0 Å². The zero-order valence-electron chi connectivity index (χ0n) is 12.7. The molecule has 2 aliphatic carbocycles. The number of carbonyl (C=O) groups excluding carboxylic acids is 1. The molecule has 1 amide bonds. The number of nitrogens with zero attached hydrogens (tertiary/aromatic N) is 2. The van der Waals surface area contributed by atoms with Gasteiger partial charge in [-0.15, -0.1) is 0 Å². The third-order valence-electron chi connectivity index (χ3n) is 4.97. The molecule has 2 bridgehead atoms. The summed E-state index contributed by atoms with van der Waals surface area (Å²) >= 11 is 0. The van der Waals surface area contributed by atoms with E-state index in [1.807, 2.05) is 4.90 Å². The van der Waals surface area contributed by atoms with Gasteiger partial charge in [-0.05, 0) is 43.7 Å². The largest absolute Gasteiger partial charge is 0.374 e. The van der Waals surface area contributed by atoms with Crippen molar-refractivity contribution >= 4 is 5.91 Å².